The Hall–Kier alpha value is -3.49. The highest BCUT2D eigenvalue weighted by Gasteiger charge is 2.34. The minimum absolute atomic E-state index is 0.108. The summed E-state index contributed by atoms with van der Waals surface area (Å²) in [6.07, 6.45) is 1.74. The summed E-state index contributed by atoms with van der Waals surface area (Å²) in [6.45, 7) is 0. The fraction of sp³-hybridized carbons (Fsp3) is 0. The summed E-state index contributed by atoms with van der Waals surface area (Å²) in [4.78, 5) is 37.4. The second-order valence-electron chi connectivity index (χ2n) is 6.46. The molecule has 6 nitrogen and oxygen atoms in total. The first-order valence-electron chi connectivity index (χ1n) is 8.72. The summed E-state index contributed by atoms with van der Waals surface area (Å²) in [7, 11) is 0. The molecule has 2 N–H and O–H groups in total. The zero-order valence-electron chi connectivity index (χ0n) is 15.2. The molecule has 8 heteroatoms. The van der Waals surface area contributed by atoms with Crippen molar-refractivity contribution >= 4 is 68.7 Å². The number of anilines is 1. The van der Waals surface area contributed by atoms with E-state index in [0.717, 1.165) is 39.1 Å². The summed E-state index contributed by atoms with van der Waals surface area (Å²) in [5.41, 5.74) is 0.476. The Labute approximate surface area is 180 Å². The zero-order chi connectivity index (χ0) is 21.4. The van der Waals surface area contributed by atoms with Crippen LogP contribution in [0.3, 0.4) is 0 Å². The molecule has 1 fully saturated rings. The van der Waals surface area contributed by atoms with Crippen LogP contribution in [0.4, 0.5) is 5.69 Å². The maximum Gasteiger partial charge on any atom is 0.335 e. The van der Waals surface area contributed by atoms with Crippen molar-refractivity contribution in [3.05, 3.63) is 82.3 Å². The molecular formula is C22H13NO5S2. The van der Waals surface area contributed by atoms with Gasteiger partial charge >= 0.3 is 11.9 Å². The molecule has 0 bridgehead atoms. The van der Waals surface area contributed by atoms with E-state index in [-0.39, 0.29) is 21.1 Å². The minimum atomic E-state index is -1.30. The van der Waals surface area contributed by atoms with E-state index < -0.39 is 17.8 Å². The number of thiocarbonyl (C=S) groups is 1. The molecule has 0 saturated carbocycles. The van der Waals surface area contributed by atoms with Crippen molar-refractivity contribution in [3.63, 3.8) is 0 Å². The predicted octanol–water partition coefficient (Wildman–Crippen LogP) is 4.64. The molecule has 0 unspecified atom stereocenters. The molecule has 0 aromatic heterocycles. The van der Waals surface area contributed by atoms with Gasteiger partial charge in [0.05, 0.1) is 21.7 Å². The van der Waals surface area contributed by atoms with Gasteiger partial charge in [0.25, 0.3) is 5.91 Å². The zero-order valence-corrected chi connectivity index (χ0v) is 16.9. The van der Waals surface area contributed by atoms with E-state index in [0.29, 0.717) is 4.91 Å². The van der Waals surface area contributed by atoms with Gasteiger partial charge in [0, 0.05) is 0 Å². The molecule has 0 aliphatic carbocycles. The van der Waals surface area contributed by atoms with Crippen molar-refractivity contribution < 1.29 is 24.6 Å². The third kappa shape index (κ3) is 3.58. The highest BCUT2D eigenvalue weighted by atomic mass is 32.2. The van der Waals surface area contributed by atoms with Crippen LogP contribution < -0.4 is 4.90 Å². The third-order valence-electron chi connectivity index (χ3n) is 4.57. The third-order valence-corrected chi connectivity index (χ3v) is 5.88. The van der Waals surface area contributed by atoms with Crippen LogP contribution in [0.5, 0.6) is 0 Å². The molecule has 1 heterocycles. The average molecular weight is 435 g/mol. The number of carboxylic acids is 2. The SMILES string of the molecule is O=C(O)c1cc(C(=O)O)cc(N2C(=O)/C(=C\c3cccc4ccccc34)SC2=S)c1. The molecule has 0 atom stereocenters. The highest BCUT2D eigenvalue weighted by Crippen LogP contribution is 2.37. The first-order chi connectivity index (χ1) is 14.3. The molecular weight excluding hydrogens is 422 g/mol. The quantitative estimate of drug-likeness (QED) is 0.455. The van der Waals surface area contributed by atoms with Crippen molar-refractivity contribution in [1.29, 1.82) is 0 Å². The first-order valence-corrected chi connectivity index (χ1v) is 9.95. The van der Waals surface area contributed by atoms with Crippen molar-refractivity contribution in [2.75, 3.05) is 4.90 Å². The Kier molecular flexibility index (Phi) is 5.11. The number of amides is 1. The van der Waals surface area contributed by atoms with Crippen LogP contribution >= 0.6 is 24.0 Å². The summed E-state index contributed by atoms with van der Waals surface area (Å²) in [6, 6.07) is 17.0. The van der Waals surface area contributed by atoms with Gasteiger partial charge in [0.15, 0.2) is 4.32 Å². The van der Waals surface area contributed by atoms with E-state index in [1.54, 1.807) is 6.08 Å². The number of carbonyl (C=O) groups excluding carboxylic acids is 1. The maximum atomic E-state index is 13.1. The molecule has 1 aliphatic rings. The van der Waals surface area contributed by atoms with Crippen LogP contribution in [0.15, 0.2) is 65.6 Å². The molecule has 0 spiro atoms. The monoisotopic (exact) mass is 435 g/mol. The van der Waals surface area contributed by atoms with Crippen molar-refractivity contribution in [2.24, 2.45) is 0 Å². The van der Waals surface area contributed by atoms with Crippen LogP contribution in [0.1, 0.15) is 26.3 Å². The normalized spacial score (nSPS) is 15.2. The lowest BCUT2D eigenvalue weighted by atomic mass is 10.0. The predicted molar refractivity (Wildman–Crippen MR) is 120 cm³/mol. The molecule has 0 radical (unpaired) electrons. The Balaban J connectivity index is 1.77. The highest BCUT2D eigenvalue weighted by molar-refractivity contribution is 8.27. The Bertz CT molecular complexity index is 1240. The summed E-state index contributed by atoms with van der Waals surface area (Å²) >= 11 is 6.42. The van der Waals surface area contributed by atoms with Gasteiger partial charge in [0.2, 0.25) is 0 Å². The van der Waals surface area contributed by atoms with Gasteiger partial charge in [-0.2, -0.15) is 0 Å². The van der Waals surface area contributed by atoms with Gasteiger partial charge in [0.1, 0.15) is 0 Å². The van der Waals surface area contributed by atoms with Gasteiger partial charge in [-0.1, -0.05) is 66.4 Å². The minimum Gasteiger partial charge on any atom is -0.478 e. The van der Waals surface area contributed by atoms with E-state index in [9.17, 15) is 24.6 Å². The Morgan fingerprint density at radius 2 is 1.57 bits per heavy atom. The number of rotatable bonds is 4. The number of thioether (sulfide) groups is 1. The van der Waals surface area contributed by atoms with Gasteiger partial charge < -0.3 is 10.2 Å². The summed E-state index contributed by atoms with van der Waals surface area (Å²) in [5.74, 6) is -3.02. The van der Waals surface area contributed by atoms with Crippen molar-refractivity contribution in [2.45, 2.75) is 0 Å². The number of hydrogen-bond acceptors (Lipinski definition) is 5. The van der Waals surface area contributed by atoms with E-state index in [2.05, 4.69) is 0 Å². The average Bonchev–Trinajstić information content (AvgIpc) is 3.00. The Morgan fingerprint density at radius 1 is 0.933 bits per heavy atom. The second kappa shape index (κ2) is 7.74. The number of hydrogen-bond donors (Lipinski definition) is 2. The topological polar surface area (TPSA) is 94.9 Å². The van der Waals surface area contributed by atoms with Crippen molar-refractivity contribution in [3.8, 4) is 0 Å². The molecule has 3 aromatic rings. The standard InChI is InChI=1S/C22H13NO5S2/c24-19-18(11-13-6-3-5-12-4-1-2-7-17(12)13)30-22(29)23(19)16-9-14(20(25)26)8-15(10-16)21(27)28/h1-11H,(H,25,26)(H,27,28)/b18-11+. The molecule has 4 rings (SSSR count). The fourth-order valence-corrected chi connectivity index (χ4v) is 4.48. The van der Waals surface area contributed by atoms with Gasteiger partial charge in [-0.15, -0.1) is 0 Å². The maximum absolute atomic E-state index is 13.1. The summed E-state index contributed by atoms with van der Waals surface area (Å²) < 4.78 is 0.199. The van der Waals surface area contributed by atoms with Crippen molar-refractivity contribution in [1.82, 2.24) is 0 Å². The fourth-order valence-electron chi connectivity index (χ4n) is 3.20. The summed E-state index contributed by atoms with van der Waals surface area (Å²) in [5, 5.41) is 20.6. The lowest BCUT2D eigenvalue weighted by Gasteiger charge is -2.16. The molecule has 3 aromatic carbocycles. The molecule has 148 valence electrons. The molecule has 30 heavy (non-hydrogen) atoms. The van der Waals surface area contributed by atoms with Gasteiger partial charge in [-0.3, -0.25) is 9.69 Å². The molecule has 1 aliphatic heterocycles. The smallest absolute Gasteiger partial charge is 0.335 e. The lowest BCUT2D eigenvalue weighted by molar-refractivity contribution is -0.113. The van der Waals surface area contributed by atoms with Crippen LogP contribution in [0.25, 0.3) is 16.8 Å². The molecule has 1 amide bonds. The van der Waals surface area contributed by atoms with Gasteiger partial charge in [-0.25, -0.2) is 9.59 Å². The second-order valence-corrected chi connectivity index (χ2v) is 8.14. The number of nitrogens with zero attached hydrogens (tertiary/aromatic N) is 1. The van der Waals surface area contributed by atoms with E-state index in [1.807, 2.05) is 42.5 Å². The van der Waals surface area contributed by atoms with E-state index >= 15 is 0 Å². The van der Waals surface area contributed by atoms with Crippen LogP contribution in [0.2, 0.25) is 0 Å². The number of fused-ring (bicyclic) bond motifs is 1. The number of benzene rings is 3. The molecule has 1 saturated heterocycles. The van der Waals surface area contributed by atoms with Gasteiger partial charge in [-0.05, 0) is 40.6 Å². The first kappa shape index (κ1) is 19.8. The largest absolute Gasteiger partial charge is 0.478 e. The van der Waals surface area contributed by atoms with Crippen LogP contribution in [-0.2, 0) is 4.79 Å². The number of aromatic carboxylic acids is 2. The Morgan fingerprint density at radius 3 is 2.23 bits per heavy atom. The van der Waals surface area contributed by atoms with E-state index in [4.69, 9.17) is 12.2 Å². The van der Waals surface area contributed by atoms with E-state index in [1.165, 1.54) is 12.1 Å². The van der Waals surface area contributed by atoms with Crippen LogP contribution in [-0.4, -0.2) is 32.4 Å². The number of carboxylic acid groups (broad SMARTS) is 2. The van der Waals surface area contributed by atoms with Crippen LogP contribution in [0, 0.1) is 0 Å². The number of carbonyl (C=O) groups is 3. The lowest BCUT2D eigenvalue weighted by Crippen LogP contribution is -2.28.